The third-order valence-corrected chi connectivity index (χ3v) is 7.10. The van der Waals surface area contributed by atoms with Crippen LogP contribution >= 0.6 is 0 Å². The number of nitrogens with one attached hydrogen (secondary N) is 3. The number of aryl methyl sites for hydroxylation is 1. The van der Waals surface area contributed by atoms with Crippen molar-refractivity contribution in [3.05, 3.63) is 65.7 Å². The van der Waals surface area contributed by atoms with E-state index in [1.54, 1.807) is 4.90 Å². The van der Waals surface area contributed by atoms with Gasteiger partial charge in [0.2, 0.25) is 11.8 Å². The van der Waals surface area contributed by atoms with Gasteiger partial charge in [0.15, 0.2) is 0 Å². The van der Waals surface area contributed by atoms with Crippen LogP contribution in [0.5, 0.6) is 5.75 Å². The number of likely N-dealkylation sites (tertiary alicyclic amines) is 1. The van der Waals surface area contributed by atoms with Gasteiger partial charge in [-0.25, -0.2) is 0 Å². The summed E-state index contributed by atoms with van der Waals surface area (Å²) in [5, 5.41) is 9.40. The Morgan fingerprint density at radius 2 is 1.87 bits per heavy atom. The van der Waals surface area contributed by atoms with Crippen LogP contribution in [0, 0.1) is 0 Å². The van der Waals surface area contributed by atoms with E-state index in [4.69, 9.17) is 4.74 Å². The molecule has 3 N–H and O–H groups in total. The number of hydrogen-bond donors (Lipinski definition) is 3. The first-order chi connectivity index (χ1) is 19.1. The van der Waals surface area contributed by atoms with Crippen molar-refractivity contribution < 1.29 is 19.1 Å². The van der Waals surface area contributed by atoms with Crippen molar-refractivity contribution in [2.24, 2.45) is 0 Å². The molecule has 8 nitrogen and oxygen atoms in total. The fraction of sp³-hybridized carbons (Fsp3) is 0.516. The molecule has 0 unspecified atom stereocenters. The van der Waals surface area contributed by atoms with E-state index in [0.29, 0.717) is 39.0 Å². The van der Waals surface area contributed by atoms with Gasteiger partial charge in [0.25, 0.3) is 0 Å². The molecule has 3 rings (SSSR count). The number of carbonyl (C=O) groups is 3. The van der Waals surface area contributed by atoms with E-state index in [9.17, 15) is 14.4 Å². The molecule has 1 saturated heterocycles. The smallest absolute Gasteiger partial charge is 0.243 e. The fourth-order valence-corrected chi connectivity index (χ4v) is 5.09. The molecule has 3 atom stereocenters. The maximum absolute atomic E-state index is 13.5. The number of hydrogen-bond acceptors (Lipinski definition) is 6. The molecule has 1 fully saturated rings. The van der Waals surface area contributed by atoms with Gasteiger partial charge in [-0.1, -0.05) is 61.9 Å². The van der Waals surface area contributed by atoms with Gasteiger partial charge in [-0.05, 0) is 69.3 Å². The first-order valence-corrected chi connectivity index (χ1v) is 14.3. The van der Waals surface area contributed by atoms with Crippen LogP contribution in [0.4, 0.5) is 0 Å². The predicted octanol–water partition coefficient (Wildman–Crippen LogP) is 2.89. The van der Waals surface area contributed by atoms with Gasteiger partial charge in [0.1, 0.15) is 24.7 Å². The van der Waals surface area contributed by atoms with Crippen molar-refractivity contribution in [2.75, 3.05) is 33.3 Å². The topological polar surface area (TPSA) is 99.8 Å². The molecule has 2 aromatic rings. The lowest BCUT2D eigenvalue weighted by Crippen LogP contribution is -2.54. The van der Waals surface area contributed by atoms with Crippen LogP contribution in [0.3, 0.4) is 0 Å². The third-order valence-electron chi connectivity index (χ3n) is 7.10. The number of rotatable bonds is 17. The maximum Gasteiger partial charge on any atom is 0.243 e. The molecular formula is C31H44N4O4. The second-order valence-corrected chi connectivity index (χ2v) is 10.1. The van der Waals surface area contributed by atoms with Gasteiger partial charge in [0.05, 0.1) is 12.1 Å². The van der Waals surface area contributed by atoms with Gasteiger partial charge >= 0.3 is 0 Å². The lowest BCUT2D eigenvalue weighted by atomic mass is 10.1. The minimum atomic E-state index is -0.625. The molecule has 0 aromatic heterocycles. The van der Waals surface area contributed by atoms with Crippen molar-refractivity contribution >= 4 is 18.1 Å². The van der Waals surface area contributed by atoms with Crippen LogP contribution in [0.15, 0.2) is 54.6 Å². The molecule has 0 bridgehead atoms. The average Bonchev–Trinajstić information content (AvgIpc) is 3.45. The van der Waals surface area contributed by atoms with Crippen molar-refractivity contribution in [2.45, 2.75) is 70.0 Å². The van der Waals surface area contributed by atoms with Crippen molar-refractivity contribution in [1.82, 2.24) is 20.9 Å². The zero-order valence-electron chi connectivity index (χ0n) is 23.4. The van der Waals surface area contributed by atoms with Crippen LogP contribution in [-0.2, 0) is 27.2 Å². The molecule has 212 valence electrons. The van der Waals surface area contributed by atoms with Gasteiger partial charge in [-0.2, -0.15) is 0 Å². The van der Waals surface area contributed by atoms with Gasteiger partial charge in [-0.15, -0.1) is 0 Å². The Morgan fingerprint density at radius 1 is 1.10 bits per heavy atom. The van der Waals surface area contributed by atoms with Crippen molar-refractivity contribution in [1.29, 1.82) is 0 Å². The van der Waals surface area contributed by atoms with E-state index in [0.717, 1.165) is 49.8 Å². The third kappa shape index (κ3) is 9.48. The fourth-order valence-electron chi connectivity index (χ4n) is 5.09. The highest BCUT2D eigenvalue weighted by molar-refractivity contribution is 5.91. The SMILES string of the molecule is CCC[C@H](NCCOc1ccccc1CCCNC)C(=O)N1CCC[C@H]1C(=O)N[C@@H](C=O)Cc1ccccc1. The number of carbonyl (C=O) groups excluding carboxylic acids is 3. The largest absolute Gasteiger partial charge is 0.492 e. The standard InChI is InChI=1S/C31H44N4O4/c1-3-11-27(33-19-21-39-29-17-8-7-14-25(29)15-9-18-32-2)31(38)35-20-10-16-28(35)30(37)34-26(23-36)22-24-12-5-4-6-13-24/h4-8,12-14,17,23,26-28,32-33H,3,9-11,15-16,18-22H2,1-2H3,(H,34,37)/t26-,27+,28+/m1/s1. The molecule has 8 heteroatoms. The highest BCUT2D eigenvalue weighted by Gasteiger charge is 2.37. The normalized spacial score (nSPS) is 16.5. The number of nitrogens with zero attached hydrogens (tertiary/aromatic N) is 1. The van der Waals surface area contributed by atoms with E-state index in [1.807, 2.05) is 62.5 Å². The Hall–Kier alpha value is -3.23. The number of ether oxygens (including phenoxy) is 1. The molecule has 0 spiro atoms. The Morgan fingerprint density at radius 3 is 2.62 bits per heavy atom. The van der Waals surface area contributed by atoms with Crippen molar-refractivity contribution in [3.63, 3.8) is 0 Å². The van der Waals surface area contributed by atoms with Crippen LogP contribution < -0.4 is 20.7 Å². The van der Waals surface area contributed by atoms with E-state index in [1.165, 1.54) is 5.56 Å². The van der Waals surface area contributed by atoms with Crippen LogP contribution in [-0.4, -0.2) is 74.4 Å². The molecule has 1 aliphatic heterocycles. The highest BCUT2D eigenvalue weighted by Crippen LogP contribution is 2.21. The van der Waals surface area contributed by atoms with E-state index in [-0.39, 0.29) is 17.9 Å². The summed E-state index contributed by atoms with van der Waals surface area (Å²) in [6, 6.07) is 16.1. The predicted molar refractivity (Wildman–Crippen MR) is 154 cm³/mol. The zero-order chi connectivity index (χ0) is 27.9. The average molecular weight is 537 g/mol. The quantitative estimate of drug-likeness (QED) is 0.212. The summed E-state index contributed by atoms with van der Waals surface area (Å²) in [6.45, 7) is 4.51. The minimum absolute atomic E-state index is 0.0623. The Balaban J connectivity index is 1.53. The number of aldehydes is 1. The summed E-state index contributed by atoms with van der Waals surface area (Å²) in [5.74, 6) is 0.556. The van der Waals surface area contributed by atoms with Gasteiger partial charge in [-0.3, -0.25) is 9.59 Å². The number of amides is 2. The summed E-state index contributed by atoms with van der Waals surface area (Å²) in [5.41, 5.74) is 2.16. The number of benzene rings is 2. The van der Waals surface area contributed by atoms with Crippen molar-refractivity contribution in [3.8, 4) is 5.75 Å². The second kappa shape index (κ2) is 16.7. The summed E-state index contributed by atoms with van der Waals surface area (Å²) in [6.07, 6.45) is 6.05. The molecule has 1 aliphatic rings. The first kappa shape index (κ1) is 30.3. The molecule has 2 aromatic carbocycles. The monoisotopic (exact) mass is 536 g/mol. The van der Waals surface area contributed by atoms with Gasteiger partial charge < -0.3 is 30.4 Å². The number of para-hydroxylation sites is 1. The summed E-state index contributed by atoms with van der Waals surface area (Å²) in [7, 11) is 1.95. The van der Waals surface area contributed by atoms with E-state index < -0.39 is 12.1 Å². The highest BCUT2D eigenvalue weighted by atomic mass is 16.5. The Labute approximate surface area is 232 Å². The van der Waals surface area contributed by atoms with Crippen LogP contribution in [0.1, 0.15) is 50.2 Å². The Bertz CT molecular complexity index is 1030. The van der Waals surface area contributed by atoms with Gasteiger partial charge in [0, 0.05) is 13.1 Å². The maximum atomic E-state index is 13.5. The van der Waals surface area contributed by atoms with Crippen LogP contribution in [0.2, 0.25) is 0 Å². The molecule has 0 saturated carbocycles. The minimum Gasteiger partial charge on any atom is -0.492 e. The molecule has 1 heterocycles. The van der Waals surface area contributed by atoms with Crippen LogP contribution in [0.25, 0.3) is 0 Å². The first-order valence-electron chi connectivity index (χ1n) is 14.3. The summed E-state index contributed by atoms with van der Waals surface area (Å²) in [4.78, 5) is 40.0. The summed E-state index contributed by atoms with van der Waals surface area (Å²) >= 11 is 0. The lowest BCUT2D eigenvalue weighted by Gasteiger charge is -2.29. The summed E-state index contributed by atoms with van der Waals surface area (Å²) < 4.78 is 6.06. The van der Waals surface area contributed by atoms with E-state index >= 15 is 0 Å². The second-order valence-electron chi connectivity index (χ2n) is 10.1. The zero-order valence-corrected chi connectivity index (χ0v) is 23.4. The molecule has 0 radical (unpaired) electrons. The molecular weight excluding hydrogens is 492 g/mol. The lowest BCUT2D eigenvalue weighted by molar-refractivity contribution is -0.140. The van der Waals surface area contributed by atoms with E-state index in [2.05, 4.69) is 22.0 Å². The Kier molecular flexibility index (Phi) is 13.0. The molecule has 39 heavy (non-hydrogen) atoms. The molecule has 0 aliphatic carbocycles. The molecule has 2 amide bonds.